The number of aliphatic hydroxyl groups excluding tert-OH is 1. The Hall–Kier alpha value is -1.36. The topological polar surface area (TPSA) is 75.3 Å². The van der Waals surface area contributed by atoms with Crippen molar-refractivity contribution in [2.45, 2.75) is 31.7 Å². The Balaban J connectivity index is 2.16. The molecule has 5 heteroatoms. The molecule has 0 spiro atoms. The molecular weight excluding hydrogens is 204 g/mol. The van der Waals surface area contributed by atoms with Crippen LogP contribution in [0.15, 0.2) is 12.4 Å². The molecule has 0 radical (unpaired) electrons. The summed E-state index contributed by atoms with van der Waals surface area (Å²) in [5.74, 6) is 1.28. The molecule has 0 saturated carbocycles. The van der Waals surface area contributed by atoms with Gasteiger partial charge in [-0.25, -0.2) is 4.98 Å². The summed E-state index contributed by atoms with van der Waals surface area (Å²) in [5, 5.41) is 9.05. The number of nitrogens with two attached hydrogens (primary N) is 1. The third-order valence-corrected chi connectivity index (χ3v) is 3.02. The Labute approximate surface area is 95.3 Å². The lowest BCUT2D eigenvalue weighted by molar-refractivity contribution is 0.262. The van der Waals surface area contributed by atoms with Gasteiger partial charge in [0.25, 0.3) is 0 Å². The summed E-state index contributed by atoms with van der Waals surface area (Å²) in [5.41, 5.74) is 5.64. The minimum atomic E-state index is 0.219. The number of hydrogen-bond acceptors (Lipinski definition) is 5. The second kappa shape index (κ2) is 5.12. The van der Waals surface area contributed by atoms with E-state index in [-0.39, 0.29) is 6.61 Å². The molecule has 2 rings (SSSR count). The largest absolute Gasteiger partial charge is 0.396 e. The van der Waals surface area contributed by atoms with Gasteiger partial charge in [-0.15, -0.1) is 0 Å². The summed E-state index contributed by atoms with van der Waals surface area (Å²) in [6, 6.07) is 0.370. The molecule has 88 valence electrons. The summed E-state index contributed by atoms with van der Waals surface area (Å²) in [6.45, 7) is 1.19. The molecule has 3 N–H and O–H groups in total. The van der Waals surface area contributed by atoms with Gasteiger partial charge in [0.15, 0.2) is 0 Å². The molecule has 5 nitrogen and oxygen atoms in total. The monoisotopic (exact) mass is 222 g/mol. The molecule has 1 aromatic heterocycles. The van der Waals surface area contributed by atoms with Gasteiger partial charge >= 0.3 is 0 Å². The van der Waals surface area contributed by atoms with Crippen LogP contribution in [0.5, 0.6) is 0 Å². The molecule has 1 fully saturated rings. The van der Waals surface area contributed by atoms with Gasteiger partial charge in [-0.05, 0) is 25.7 Å². The summed E-state index contributed by atoms with van der Waals surface area (Å²) in [6.07, 6.45) is 7.57. The Morgan fingerprint density at radius 3 is 3.06 bits per heavy atom. The third kappa shape index (κ3) is 2.41. The zero-order valence-electron chi connectivity index (χ0n) is 9.34. The van der Waals surface area contributed by atoms with Gasteiger partial charge in [0, 0.05) is 19.2 Å². The predicted octanol–water partition coefficient (Wildman–Crippen LogP) is 0.800. The molecule has 2 heterocycles. The van der Waals surface area contributed by atoms with Crippen molar-refractivity contribution in [2.24, 2.45) is 0 Å². The number of anilines is 2. The number of aromatic nitrogens is 2. The summed E-state index contributed by atoms with van der Waals surface area (Å²) >= 11 is 0. The normalized spacial score (nSPS) is 21.1. The van der Waals surface area contributed by atoms with Crippen molar-refractivity contribution in [3.05, 3.63) is 12.4 Å². The van der Waals surface area contributed by atoms with E-state index >= 15 is 0 Å². The van der Waals surface area contributed by atoms with Crippen LogP contribution in [0.1, 0.15) is 25.7 Å². The lowest BCUT2D eigenvalue weighted by Gasteiger charge is -2.36. The van der Waals surface area contributed by atoms with Crippen LogP contribution in [0.4, 0.5) is 11.6 Å². The molecule has 0 amide bonds. The lowest BCUT2D eigenvalue weighted by Crippen LogP contribution is -2.40. The number of rotatable bonds is 3. The standard InChI is InChI=1S/C11H18N4O/c12-10-7-13-8-11(14-10)15-5-2-1-3-9(15)4-6-16/h7-9,16H,1-6H2,(H2,12,14). The summed E-state index contributed by atoms with van der Waals surface area (Å²) < 4.78 is 0. The van der Waals surface area contributed by atoms with Gasteiger partial charge in [-0.1, -0.05) is 0 Å². The maximum atomic E-state index is 9.05. The van der Waals surface area contributed by atoms with Crippen molar-refractivity contribution in [3.63, 3.8) is 0 Å². The van der Waals surface area contributed by atoms with E-state index in [1.54, 1.807) is 12.4 Å². The molecular formula is C11H18N4O. The zero-order valence-corrected chi connectivity index (χ0v) is 9.34. The van der Waals surface area contributed by atoms with Crippen LogP contribution in [0.3, 0.4) is 0 Å². The first-order chi connectivity index (χ1) is 7.81. The fourth-order valence-electron chi connectivity index (χ4n) is 2.26. The number of nitrogens with zero attached hydrogens (tertiary/aromatic N) is 3. The van der Waals surface area contributed by atoms with Crippen molar-refractivity contribution in [1.82, 2.24) is 9.97 Å². The lowest BCUT2D eigenvalue weighted by atomic mass is 10.00. The summed E-state index contributed by atoms with van der Waals surface area (Å²) in [4.78, 5) is 10.6. The van der Waals surface area contributed by atoms with Crippen LogP contribution in [0.25, 0.3) is 0 Å². The van der Waals surface area contributed by atoms with Crippen molar-refractivity contribution < 1.29 is 5.11 Å². The highest BCUT2D eigenvalue weighted by atomic mass is 16.3. The van der Waals surface area contributed by atoms with E-state index in [1.807, 2.05) is 0 Å². The van der Waals surface area contributed by atoms with Crippen LogP contribution in [-0.2, 0) is 0 Å². The van der Waals surface area contributed by atoms with Crippen molar-refractivity contribution >= 4 is 11.6 Å². The highest BCUT2D eigenvalue weighted by molar-refractivity contribution is 5.42. The van der Waals surface area contributed by atoms with Gasteiger partial charge in [-0.3, -0.25) is 4.98 Å². The van der Waals surface area contributed by atoms with Crippen LogP contribution in [-0.4, -0.2) is 34.3 Å². The molecule has 0 aliphatic carbocycles. The Morgan fingerprint density at radius 1 is 1.44 bits per heavy atom. The molecule has 1 aromatic rings. The summed E-state index contributed by atoms with van der Waals surface area (Å²) in [7, 11) is 0. The van der Waals surface area contributed by atoms with Crippen molar-refractivity contribution in [3.8, 4) is 0 Å². The zero-order chi connectivity index (χ0) is 11.4. The van der Waals surface area contributed by atoms with E-state index in [0.29, 0.717) is 11.9 Å². The van der Waals surface area contributed by atoms with Crippen molar-refractivity contribution in [1.29, 1.82) is 0 Å². The second-order valence-electron chi connectivity index (χ2n) is 4.16. The molecule has 1 unspecified atom stereocenters. The molecule has 1 aliphatic rings. The molecule has 0 aromatic carbocycles. The first-order valence-corrected chi connectivity index (χ1v) is 5.76. The Morgan fingerprint density at radius 2 is 2.31 bits per heavy atom. The second-order valence-corrected chi connectivity index (χ2v) is 4.16. The minimum Gasteiger partial charge on any atom is -0.396 e. The van der Waals surface area contributed by atoms with E-state index in [1.165, 1.54) is 12.8 Å². The first kappa shape index (κ1) is 11.1. The van der Waals surface area contributed by atoms with Gasteiger partial charge in [-0.2, -0.15) is 0 Å². The molecule has 1 saturated heterocycles. The molecule has 1 atom stereocenters. The van der Waals surface area contributed by atoms with E-state index in [4.69, 9.17) is 10.8 Å². The van der Waals surface area contributed by atoms with Gasteiger partial charge < -0.3 is 15.7 Å². The fourth-order valence-corrected chi connectivity index (χ4v) is 2.26. The van der Waals surface area contributed by atoms with Crippen LogP contribution < -0.4 is 10.6 Å². The van der Waals surface area contributed by atoms with Crippen LogP contribution >= 0.6 is 0 Å². The number of nitrogen functional groups attached to an aromatic ring is 1. The van der Waals surface area contributed by atoms with Gasteiger partial charge in [0.05, 0.1) is 12.4 Å². The van der Waals surface area contributed by atoms with Crippen LogP contribution in [0, 0.1) is 0 Å². The fraction of sp³-hybridized carbons (Fsp3) is 0.636. The number of aliphatic hydroxyl groups is 1. The first-order valence-electron chi connectivity index (χ1n) is 5.76. The average Bonchev–Trinajstić information content (AvgIpc) is 2.30. The van der Waals surface area contributed by atoms with E-state index in [0.717, 1.165) is 25.2 Å². The third-order valence-electron chi connectivity index (χ3n) is 3.02. The van der Waals surface area contributed by atoms with E-state index in [2.05, 4.69) is 14.9 Å². The maximum absolute atomic E-state index is 9.05. The molecule has 1 aliphatic heterocycles. The maximum Gasteiger partial charge on any atom is 0.149 e. The highest BCUT2D eigenvalue weighted by Crippen LogP contribution is 2.24. The van der Waals surface area contributed by atoms with Crippen LogP contribution in [0.2, 0.25) is 0 Å². The average molecular weight is 222 g/mol. The van der Waals surface area contributed by atoms with E-state index in [9.17, 15) is 0 Å². The molecule has 0 bridgehead atoms. The SMILES string of the molecule is Nc1cncc(N2CCCCC2CCO)n1. The number of hydrogen-bond donors (Lipinski definition) is 2. The molecule has 16 heavy (non-hydrogen) atoms. The van der Waals surface area contributed by atoms with Gasteiger partial charge in [0.2, 0.25) is 0 Å². The number of piperidine rings is 1. The van der Waals surface area contributed by atoms with Gasteiger partial charge in [0.1, 0.15) is 11.6 Å². The quantitative estimate of drug-likeness (QED) is 0.791. The van der Waals surface area contributed by atoms with E-state index < -0.39 is 0 Å². The Kier molecular flexibility index (Phi) is 3.56. The highest BCUT2D eigenvalue weighted by Gasteiger charge is 2.23. The minimum absolute atomic E-state index is 0.219. The van der Waals surface area contributed by atoms with Crippen molar-refractivity contribution in [2.75, 3.05) is 23.8 Å². The Bertz CT molecular complexity index is 343. The predicted molar refractivity (Wildman–Crippen MR) is 63.1 cm³/mol. The smallest absolute Gasteiger partial charge is 0.149 e.